The van der Waals surface area contributed by atoms with Gasteiger partial charge in [-0.25, -0.2) is 9.59 Å². The van der Waals surface area contributed by atoms with Crippen molar-refractivity contribution in [1.29, 1.82) is 0 Å². The summed E-state index contributed by atoms with van der Waals surface area (Å²) in [5.41, 5.74) is 5.02. The molecule has 2 amide bonds. The van der Waals surface area contributed by atoms with Crippen molar-refractivity contribution < 1.29 is 19.1 Å². The van der Waals surface area contributed by atoms with E-state index < -0.39 is 18.0 Å². The van der Waals surface area contributed by atoms with Gasteiger partial charge in [-0.05, 0) is 37.5 Å². The molecule has 116 valence electrons. The number of Topliss-reactive ketones (excluding diaryl/α,β-unsaturated/α-hetero) is 1. The quantitative estimate of drug-likeness (QED) is 0.557. The average molecular weight is 330 g/mol. The lowest BCUT2D eigenvalue weighted by Crippen LogP contribution is -2.45. The smallest absolute Gasteiger partial charge is 0.329 e. The van der Waals surface area contributed by atoms with Gasteiger partial charge in [0.1, 0.15) is 6.04 Å². The summed E-state index contributed by atoms with van der Waals surface area (Å²) in [5.74, 6) is -0.244. The molecule has 0 fully saturated rings. The molecule has 8 heteroatoms. The molecule has 1 aromatic rings. The Morgan fingerprint density at radius 1 is 1.43 bits per heavy atom. The van der Waals surface area contributed by atoms with Crippen LogP contribution < -0.4 is 11.1 Å². The summed E-state index contributed by atoms with van der Waals surface area (Å²) in [6.07, 6.45) is 2.28. The van der Waals surface area contributed by atoms with Crippen LogP contribution in [0.15, 0.2) is 12.1 Å². The van der Waals surface area contributed by atoms with Crippen molar-refractivity contribution in [2.45, 2.75) is 19.4 Å². The van der Waals surface area contributed by atoms with Crippen molar-refractivity contribution in [1.82, 2.24) is 5.32 Å². The third-order valence-corrected chi connectivity index (χ3v) is 4.26. The number of thioether (sulfide) groups is 1. The number of amides is 2. The Hall–Kier alpha value is -1.54. The van der Waals surface area contributed by atoms with Crippen molar-refractivity contribution >= 4 is 40.9 Å². The van der Waals surface area contributed by atoms with E-state index in [2.05, 4.69) is 5.32 Å². The highest BCUT2D eigenvalue weighted by Crippen LogP contribution is 2.15. The highest BCUT2D eigenvalue weighted by atomic mass is 32.2. The minimum Gasteiger partial charge on any atom is -0.456 e. The minimum atomic E-state index is -0.826. The Bertz CT molecular complexity index is 516. The Balaban J connectivity index is 2.52. The fourth-order valence-corrected chi connectivity index (χ4v) is 2.81. The van der Waals surface area contributed by atoms with Gasteiger partial charge in [-0.15, -0.1) is 11.3 Å². The summed E-state index contributed by atoms with van der Waals surface area (Å²) in [6, 6.07) is 1.91. The first kappa shape index (κ1) is 17.5. The van der Waals surface area contributed by atoms with E-state index in [0.29, 0.717) is 17.1 Å². The van der Waals surface area contributed by atoms with E-state index in [1.54, 1.807) is 6.07 Å². The zero-order valence-corrected chi connectivity index (χ0v) is 13.5. The van der Waals surface area contributed by atoms with Gasteiger partial charge in [-0.3, -0.25) is 4.79 Å². The molecule has 6 nitrogen and oxygen atoms in total. The summed E-state index contributed by atoms with van der Waals surface area (Å²) in [5, 5.41) is 2.32. The third-order valence-electron chi connectivity index (χ3n) is 2.57. The number of urea groups is 1. The van der Waals surface area contributed by atoms with Gasteiger partial charge in [-0.1, -0.05) is 0 Å². The first-order valence-corrected chi connectivity index (χ1v) is 8.46. The standard InChI is InChI=1S/C13H18N2O4S2/c1-8-3-4-11(21-8)10(16)7-19-12(17)9(5-6-20-2)15-13(14)18/h3-4,9H,5-7H2,1-2H3,(H3,14,15,18)/t9-/m1/s1. The van der Waals surface area contributed by atoms with Crippen LogP contribution in [0.25, 0.3) is 0 Å². The van der Waals surface area contributed by atoms with E-state index >= 15 is 0 Å². The molecule has 0 aliphatic carbocycles. The maximum atomic E-state index is 11.9. The third kappa shape index (κ3) is 6.17. The average Bonchev–Trinajstić information content (AvgIpc) is 2.86. The summed E-state index contributed by atoms with van der Waals surface area (Å²) in [6.45, 7) is 1.55. The minimum absolute atomic E-state index is 0.260. The van der Waals surface area contributed by atoms with Crippen LogP contribution in [0.5, 0.6) is 0 Å². The van der Waals surface area contributed by atoms with Gasteiger partial charge in [0.25, 0.3) is 0 Å². The van der Waals surface area contributed by atoms with Crippen molar-refractivity contribution in [3.8, 4) is 0 Å². The molecule has 0 unspecified atom stereocenters. The van der Waals surface area contributed by atoms with Gasteiger partial charge < -0.3 is 15.8 Å². The molecule has 1 atom stereocenters. The highest BCUT2D eigenvalue weighted by molar-refractivity contribution is 7.98. The lowest BCUT2D eigenvalue weighted by Gasteiger charge is -2.15. The second-order valence-electron chi connectivity index (χ2n) is 4.28. The van der Waals surface area contributed by atoms with E-state index in [0.717, 1.165) is 4.88 Å². The fraction of sp³-hybridized carbons (Fsp3) is 0.462. The second kappa shape index (κ2) is 8.68. The van der Waals surface area contributed by atoms with Gasteiger partial charge >= 0.3 is 12.0 Å². The number of carbonyl (C=O) groups is 3. The number of nitrogens with one attached hydrogen (secondary N) is 1. The van der Waals surface area contributed by atoms with Gasteiger partial charge in [0.2, 0.25) is 5.78 Å². The summed E-state index contributed by atoms with van der Waals surface area (Å²) in [7, 11) is 0. The van der Waals surface area contributed by atoms with Gasteiger partial charge in [0.15, 0.2) is 6.61 Å². The molecule has 1 aromatic heterocycles. The van der Waals surface area contributed by atoms with Gasteiger partial charge in [0, 0.05) is 4.88 Å². The molecular weight excluding hydrogens is 312 g/mol. The van der Waals surface area contributed by atoms with E-state index in [4.69, 9.17) is 10.5 Å². The Morgan fingerprint density at radius 3 is 2.67 bits per heavy atom. The number of rotatable bonds is 8. The molecule has 0 saturated carbocycles. The van der Waals surface area contributed by atoms with Crippen LogP contribution in [-0.2, 0) is 9.53 Å². The SMILES string of the molecule is CSCC[C@@H](NC(N)=O)C(=O)OCC(=O)c1ccc(C)s1. The van der Waals surface area contributed by atoms with Crippen LogP contribution in [0, 0.1) is 6.92 Å². The van der Waals surface area contributed by atoms with E-state index in [9.17, 15) is 14.4 Å². The van der Waals surface area contributed by atoms with Crippen LogP contribution in [0.3, 0.4) is 0 Å². The molecular formula is C13H18N2O4S2. The van der Waals surface area contributed by atoms with Crippen LogP contribution in [0.2, 0.25) is 0 Å². The molecule has 0 aromatic carbocycles. The number of esters is 1. The Labute approximate surface area is 131 Å². The number of hydrogen-bond donors (Lipinski definition) is 2. The Morgan fingerprint density at radius 2 is 2.14 bits per heavy atom. The summed E-state index contributed by atoms with van der Waals surface area (Å²) in [4.78, 5) is 36.1. The number of thiophene rings is 1. The maximum Gasteiger partial charge on any atom is 0.329 e. The molecule has 21 heavy (non-hydrogen) atoms. The van der Waals surface area contributed by atoms with Crippen molar-refractivity contribution in [2.24, 2.45) is 5.73 Å². The van der Waals surface area contributed by atoms with Crippen LogP contribution >= 0.6 is 23.1 Å². The molecule has 1 heterocycles. The predicted octanol–water partition coefficient (Wildman–Crippen LogP) is 1.57. The van der Waals surface area contributed by atoms with E-state index in [-0.39, 0.29) is 12.4 Å². The second-order valence-corrected chi connectivity index (χ2v) is 6.56. The Kier molecular flexibility index (Phi) is 7.24. The summed E-state index contributed by atoms with van der Waals surface area (Å²) >= 11 is 2.88. The van der Waals surface area contributed by atoms with Gasteiger partial charge in [-0.2, -0.15) is 11.8 Å². The molecule has 1 rings (SSSR count). The number of aryl methyl sites for hydroxylation is 1. The number of ketones is 1. The van der Waals surface area contributed by atoms with Gasteiger partial charge in [0.05, 0.1) is 4.88 Å². The lowest BCUT2D eigenvalue weighted by molar-refractivity contribution is -0.144. The highest BCUT2D eigenvalue weighted by Gasteiger charge is 2.22. The number of nitrogens with two attached hydrogens (primary N) is 1. The molecule has 0 saturated heterocycles. The number of carbonyl (C=O) groups excluding carboxylic acids is 3. The van der Waals surface area contributed by atoms with Crippen LogP contribution in [-0.4, -0.2) is 42.4 Å². The molecule has 0 aliphatic rings. The van der Waals surface area contributed by atoms with Crippen LogP contribution in [0.4, 0.5) is 4.79 Å². The summed E-state index contributed by atoms with van der Waals surface area (Å²) < 4.78 is 4.97. The molecule has 0 aliphatic heterocycles. The van der Waals surface area contributed by atoms with Crippen molar-refractivity contribution in [3.63, 3.8) is 0 Å². The predicted molar refractivity (Wildman–Crippen MR) is 83.9 cm³/mol. The molecule has 3 N–H and O–H groups in total. The van der Waals surface area contributed by atoms with Crippen molar-refractivity contribution in [3.05, 3.63) is 21.9 Å². The normalized spacial score (nSPS) is 11.7. The van der Waals surface area contributed by atoms with E-state index in [1.165, 1.54) is 23.1 Å². The number of ether oxygens (including phenoxy) is 1. The lowest BCUT2D eigenvalue weighted by atomic mass is 10.2. The first-order chi connectivity index (χ1) is 9.93. The molecule has 0 bridgehead atoms. The topological polar surface area (TPSA) is 98.5 Å². The maximum absolute atomic E-state index is 11.9. The fourth-order valence-electron chi connectivity index (χ4n) is 1.55. The number of primary amides is 1. The largest absolute Gasteiger partial charge is 0.456 e. The zero-order chi connectivity index (χ0) is 15.8. The molecule has 0 spiro atoms. The number of hydrogen-bond acceptors (Lipinski definition) is 6. The van der Waals surface area contributed by atoms with Crippen molar-refractivity contribution in [2.75, 3.05) is 18.6 Å². The van der Waals surface area contributed by atoms with E-state index in [1.807, 2.05) is 19.2 Å². The molecule has 0 radical (unpaired) electrons. The monoisotopic (exact) mass is 330 g/mol. The first-order valence-electron chi connectivity index (χ1n) is 6.25. The zero-order valence-electron chi connectivity index (χ0n) is 11.9. The van der Waals surface area contributed by atoms with Crippen LogP contribution in [0.1, 0.15) is 21.0 Å².